The fraction of sp³-hybridized carbons (Fsp3) is 0.562. The van der Waals surface area contributed by atoms with Crippen molar-refractivity contribution in [1.82, 2.24) is 5.32 Å². The molecule has 1 fully saturated rings. The number of hydrogen-bond acceptors (Lipinski definition) is 3. The molecular formula is C16H23NO2. The second-order valence-corrected chi connectivity index (χ2v) is 5.64. The largest absolute Gasteiger partial charge is 0.469 e. The molecule has 1 saturated carbocycles. The molecule has 0 heterocycles. The Hall–Kier alpha value is -1.35. The lowest BCUT2D eigenvalue weighted by Gasteiger charge is -2.26. The Labute approximate surface area is 115 Å². The molecule has 0 aromatic heterocycles. The standard InChI is InChI=1S/C16H23NO2/c1-16(9-5-6-10-16)17-12-14-8-4-3-7-13(14)11-15(18)19-2/h3-4,7-8,17H,5-6,9-12H2,1-2H3. The molecule has 1 aliphatic carbocycles. The van der Waals surface area contributed by atoms with Gasteiger partial charge in [-0.05, 0) is 30.9 Å². The van der Waals surface area contributed by atoms with Crippen molar-refractivity contribution in [2.24, 2.45) is 0 Å². The Morgan fingerprint density at radius 1 is 1.26 bits per heavy atom. The summed E-state index contributed by atoms with van der Waals surface area (Å²) in [6, 6.07) is 8.09. The minimum Gasteiger partial charge on any atom is -0.469 e. The van der Waals surface area contributed by atoms with Gasteiger partial charge in [-0.25, -0.2) is 0 Å². The highest BCUT2D eigenvalue weighted by Gasteiger charge is 2.27. The van der Waals surface area contributed by atoms with Crippen LogP contribution in [0.3, 0.4) is 0 Å². The van der Waals surface area contributed by atoms with Crippen molar-refractivity contribution in [3.63, 3.8) is 0 Å². The first-order chi connectivity index (χ1) is 9.13. The van der Waals surface area contributed by atoms with Gasteiger partial charge in [0, 0.05) is 12.1 Å². The van der Waals surface area contributed by atoms with Crippen LogP contribution >= 0.6 is 0 Å². The van der Waals surface area contributed by atoms with Gasteiger partial charge in [-0.3, -0.25) is 4.79 Å². The van der Waals surface area contributed by atoms with Gasteiger partial charge in [0.25, 0.3) is 0 Å². The Balaban J connectivity index is 2.01. The molecule has 0 atom stereocenters. The normalized spacial score (nSPS) is 17.4. The molecule has 1 aromatic carbocycles. The van der Waals surface area contributed by atoms with E-state index in [1.807, 2.05) is 18.2 Å². The molecule has 3 nitrogen and oxygen atoms in total. The Kier molecular flexibility index (Phi) is 4.59. The zero-order valence-electron chi connectivity index (χ0n) is 11.9. The number of rotatable bonds is 5. The predicted octanol–water partition coefficient (Wildman–Crippen LogP) is 2.82. The lowest BCUT2D eigenvalue weighted by atomic mass is 9.98. The number of hydrogen-bond donors (Lipinski definition) is 1. The number of nitrogens with one attached hydrogen (secondary N) is 1. The van der Waals surface area contributed by atoms with Gasteiger partial charge in [0.1, 0.15) is 0 Å². The highest BCUT2D eigenvalue weighted by molar-refractivity contribution is 5.72. The molecule has 0 radical (unpaired) electrons. The van der Waals surface area contributed by atoms with Gasteiger partial charge in [-0.2, -0.15) is 0 Å². The summed E-state index contributed by atoms with van der Waals surface area (Å²) >= 11 is 0. The summed E-state index contributed by atoms with van der Waals surface area (Å²) in [5.74, 6) is -0.181. The van der Waals surface area contributed by atoms with Crippen LogP contribution in [0.1, 0.15) is 43.7 Å². The average Bonchev–Trinajstić information content (AvgIpc) is 2.85. The first-order valence-corrected chi connectivity index (χ1v) is 7.02. The van der Waals surface area contributed by atoms with E-state index in [0.29, 0.717) is 6.42 Å². The monoisotopic (exact) mass is 261 g/mol. The summed E-state index contributed by atoms with van der Waals surface area (Å²) in [5.41, 5.74) is 2.52. The minimum atomic E-state index is -0.181. The molecule has 2 rings (SSSR count). The molecule has 19 heavy (non-hydrogen) atoms. The van der Waals surface area contributed by atoms with Crippen molar-refractivity contribution < 1.29 is 9.53 Å². The Morgan fingerprint density at radius 2 is 1.89 bits per heavy atom. The molecule has 104 valence electrons. The van der Waals surface area contributed by atoms with Gasteiger partial charge in [-0.15, -0.1) is 0 Å². The lowest BCUT2D eigenvalue weighted by Crippen LogP contribution is -2.39. The molecule has 1 aromatic rings. The van der Waals surface area contributed by atoms with Gasteiger partial charge in [0.15, 0.2) is 0 Å². The number of ether oxygens (including phenoxy) is 1. The van der Waals surface area contributed by atoms with E-state index in [0.717, 1.165) is 12.1 Å². The van der Waals surface area contributed by atoms with Crippen LogP contribution < -0.4 is 5.32 Å². The Morgan fingerprint density at radius 3 is 2.53 bits per heavy atom. The van der Waals surface area contributed by atoms with E-state index in [1.54, 1.807) is 0 Å². The minimum absolute atomic E-state index is 0.181. The van der Waals surface area contributed by atoms with Crippen molar-refractivity contribution in [1.29, 1.82) is 0 Å². The van der Waals surface area contributed by atoms with Crippen molar-refractivity contribution in [3.05, 3.63) is 35.4 Å². The lowest BCUT2D eigenvalue weighted by molar-refractivity contribution is -0.139. The van der Waals surface area contributed by atoms with Crippen molar-refractivity contribution in [3.8, 4) is 0 Å². The maximum absolute atomic E-state index is 11.4. The molecule has 0 saturated heterocycles. The summed E-state index contributed by atoms with van der Waals surface area (Å²) in [6.07, 6.45) is 5.46. The van der Waals surface area contributed by atoms with Crippen molar-refractivity contribution in [2.75, 3.05) is 7.11 Å². The third-order valence-electron chi connectivity index (χ3n) is 4.09. The maximum atomic E-state index is 11.4. The fourth-order valence-electron chi connectivity index (χ4n) is 2.77. The summed E-state index contributed by atoms with van der Waals surface area (Å²) < 4.78 is 4.75. The van der Waals surface area contributed by atoms with E-state index in [9.17, 15) is 4.79 Å². The molecular weight excluding hydrogens is 238 g/mol. The van der Waals surface area contributed by atoms with Crippen LogP contribution in [0.25, 0.3) is 0 Å². The molecule has 3 heteroatoms. The number of methoxy groups -OCH3 is 1. The van der Waals surface area contributed by atoms with Crippen LogP contribution in [0.2, 0.25) is 0 Å². The third kappa shape index (κ3) is 3.80. The quantitative estimate of drug-likeness (QED) is 0.828. The number of benzene rings is 1. The van der Waals surface area contributed by atoms with E-state index >= 15 is 0 Å². The molecule has 1 N–H and O–H groups in total. The van der Waals surface area contributed by atoms with Crippen LogP contribution in [0.5, 0.6) is 0 Å². The van der Waals surface area contributed by atoms with Crippen LogP contribution in [-0.2, 0) is 22.5 Å². The molecule has 0 amide bonds. The molecule has 0 unspecified atom stereocenters. The topological polar surface area (TPSA) is 38.3 Å². The van der Waals surface area contributed by atoms with Gasteiger partial charge in [0.05, 0.1) is 13.5 Å². The van der Waals surface area contributed by atoms with Crippen LogP contribution in [0.15, 0.2) is 24.3 Å². The van der Waals surface area contributed by atoms with E-state index in [-0.39, 0.29) is 11.5 Å². The van der Waals surface area contributed by atoms with E-state index in [4.69, 9.17) is 4.74 Å². The SMILES string of the molecule is COC(=O)Cc1ccccc1CNC1(C)CCCC1. The average molecular weight is 261 g/mol. The predicted molar refractivity (Wildman–Crippen MR) is 75.9 cm³/mol. The summed E-state index contributed by atoms with van der Waals surface area (Å²) in [4.78, 5) is 11.4. The second-order valence-electron chi connectivity index (χ2n) is 5.64. The third-order valence-corrected chi connectivity index (χ3v) is 4.09. The van der Waals surface area contributed by atoms with Crippen molar-refractivity contribution >= 4 is 5.97 Å². The summed E-state index contributed by atoms with van der Waals surface area (Å²) in [7, 11) is 1.43. The zero-order valence-corrected chi connectivity index (χ0v) is 11.9. The Bertz CT molecular complexity index is 436. The van der Waals surface area contributed by atoms with Crippen LogP contribution in [0, 0.1) is 0 Å². The number of carbonyl (C=O) groups excluding carboxylic acids is 1. The number of carbonyl (C=O) groups is 1. The van der Waals surface area contributed by atoms with Crippen LogP contribution in [0.4, 0.5) is 0 Å². The smallest absolute Gasteiger partial charge is 0.309 e. The molecule has 1 aliphatic rings. The highest BCUT2D eigenvalue weighted by atomic mass is 16.5. The summed E-state index contributed by atoms with van der Waals surface area (Å²) in [5, 5.41) is 3.65. The van der Waals surface area contributed by atoms with Gasteiger partial charge < -0.3 is 10.1 Å². The molecule has 0 aliphatic heterocycles. The van der Waals surface area contributed by atoms with Gasteiger partial charge in [-0.1, -0.05) is 37.1 Å². The second kappa shape index (κ2) is 6.20. The molecule has 0 bridgehead atoms. The fourth-order valence-corrected chi connectivity index (χ4v) is 2.77. The molecule has 0 spiro atoms. The van der Waals surface area contributed by atoms with Crippen LogP contribution in [-0.4, -0.2) is 18.6 Å². The highest BCUT2D eigenvalue weighted by Crippen LogP contribution is 2.29. The number of esters is 1. The first kappa shape index (κ1) is 14.1. The maximum Gasteiger partial charge on any atom is 0.309 e. The van der Waals surface area contributed by atoms with E-state index in [2.05, 4.69) is 18.3 Å². The zero-order chi connectivity index (χ0) is 13.7. The van der Waals surface area contributed by atoms with Crippen molar-refractivity contribution in [2.45, 2.75) is 51.1 Å². The first-order valence-electron chi connectivity index (χ1n) is 7.02. The van der Waals surface area contributed by atoms with Gasteiger partial charge in [0.2, 0.25) is 0 Å². The van der Waals surface area contributed by atoms with E-state index < -0.39 is 0 Å². The van der Waals surface area contributed by atoms with E-state index in [1.165, 1.54) is 38.4 Å². The van der Waals surface area contributed by atoms with Gasteiger partial charge >= 0.3 is 5.97 Å². The summed E-state index contributed by atoms with van der Waals surface area (Å²) in [6.45, 7) is 3.12.